The summed E-state index contributed by atoms with van der Waals surface area (Å²) in [5.41, 5.74) is -0.664. The summed E-state index contributed by atoms with van der Waals surface area (Å²) in [4.78, 5) is 35.8. The molecule has 0 aromatic heterocycles. The first-order valence-electron chi connectivity index (χ1n) is 7.48. The smallest absolute Gasteiger partial charge is 0.408 e. The summed E-state index contributed by atoms with van der Waals surface area (Å²) < 4.78 is 9.76. The molecule has 23 heavy (non-hydrogen) atoms. The van der Waals surface area contributed by atoms with Crippen LogP contribution in [0.5, 0.6) is 0 Å². The standard InChI is InChI=1S/C15H28N2O5S/c1-9(2)7-10(17-14(20)22-15(3,4)5)12(18)16-11(8-23)13(19)21-6/h9-11,23H,7-8H2,1-6H3,(H,16,18)(H,17,20). The molecular weight excluding hydrogens is 320 g/mol. The van der Waals surface area contributed by atoms with Gasteiger partial charge in [0.05, 0.1) is 7.11 Å². The number of rotatable bonds is 7. The largest absolute Gasteiger partial charge is 0.467 e. The minimum Gasteiger partial charge on any atom is -0.467 e. The van der Waals surface area contributed by atoms with E-state index in [-0.39, 0.29) is 11.7 Å². The lowest BCUT2D eigenvalue weighted by Crippen LogP contribution is -2.53. The first kappa shape index (κ1) is 21.6. The van der Waals surface area contributed by atoms with Crippen molar-refractivity contribution in [2.75, 3.05) is 12.9 Å². The van der Waals surface area contributed by atoms with Gasteiger partial charge in [0.15, 0.2) is 0 Å². The molecule has 0 bridgehead atoms. The topological polar surface area (TPSA) is 93.7 Å². The predicted molar refractivity (Wildman–Crippen MR) is 90.4 cm³/mol. The zero-order valence-corrected chi connectivity index (χ0v) is 15.5. The molecule has 0 aliphatic carbocycles. The number of methoxy groups -OCH3 is 1. The third-order valence-corrected chi connectivity index (χ3v) is 3.06. The molecule has 2 amide bonds. The Morgan fingerprint density at radius 2 is 1.65 bits per heavy atom. The van der Waals surface area contributed by atoms with Gasteiger partial charge in [0.25, 0.3) is 0 Å². The van der Waals surface area contributed by atoms with Crippen LogP contribution < -0.4 is 10.6 Å². The lowest BCUT2D eigenvalue weighted by atomic mass is 10.0. The van der Waals surface area contributed by atoms with Crippen LogP contribution in [-0.4, -0.2) is 48.5 Å². The van der Waals surface area contributed by atoms with Crippen LogP contribution in [0.2, 0.25) is 0 Å². The van der Waals surface area contributed by atoms with Gasteiger partial charge in [-0.05, 0) is 33.1 Å². The highest BCUT2D eigenvalue weighted by molar-refractivity contribution is 7.80. The van der Waals surface area contributed by atoms with E-state index in [0.29, 0.717) is 6.42 Å². The molecule has 0 aliphatic rings. The fraction of sp³-hybridized carbons (Fsp3) is 0.800. The Labute approximate surface area is 143 Å². The van der Waals surface area contributed by atoms with Crippen molar-refractivity contribution in [3.05, 3.63) is 0 Å². The van der Waals surface area contributed by atoms with Crippen molar-refractivity contribution in [2.24, 2.45) is 5.92 Å². The van der Waals surface area contributed by atoms with Crippen molar-refractivity contribution >= 4 is 30.6 Å². The van der Waals surface area contributed by atoms with Gasteiger partial charge in [0.1, 0.15) is 17.7 Å². The van der Waals surface area contributed by atoms with E-state index in [4.69, 9.17) is 4.74 Å². The number of ether oxygens (including phenoxy) is 2. The highest BCUT2D eigenvalue weighted by Gasteiger charge is 2.28. The summed E-state index contributed by atoms with van der Waals surface area (Å²) in [7, 11) is 1.23. The van der Waals surface area contributed by atoms with Crippen LogP contribution in [0.25, 0.3) is 0 Å². The van der Waals surface area contributed by atoms with Gasteiger partial charge in [-0.1, -0.05) is 13.8 Å². The molecule has 0 fully saturated rings. The third kappa shape index (κ3) is 9.32. The van der Waals surface area contributed by atoms with Crippen LogP contribution in [0.4, 0.5) is 4.79 Å². The zero-order valence-electron chi connectivity index (χ0n) is 14.6. The minimum atomic E-state index is -0.870. The molecule has 7 nitrogen and oxygen atoms in total. The number of carbonyl (C=O) groups is 3. The van der Waals surface area contributed by atoms with E-state index in [1.54, 1.807) is 20.8 Å². The number of thiol groups is 1. The first-order chi connectivity index (χ1) is 10.5. The molecule has 0 aromatic rings. The maximum atomic E-state index is 12.3. The number of nitrogens with one attached hydrogen (secondary N) is 2. The fourth-order valence-electron chi connectivity index (χ4n) is 1.75. The number of hydrogen-bond acceptors (Lipinski definition) is 6. The quantitative estimate of drug-likeness (QED) is 0.479. The average Bonchev–Trinajstić information content (AvgIpc) is 2.40. The molecule has 0 saturated heterocycles. The van der Waals surface area contributed by atoms with Crippen molar-refractivity contribution in [1.82, 2.24) is 10.6 Å². The summed E-state index contributed by atoms with van der Waals surface area (Å²) in [5.74, 6) is -0.810. The summed E-state index contributed by atoms with van der Waals surface area (Å²) in [6.07, 6.45) is -0.273. The summed E-state index contributed by atoms with van der Waals surface area (Å²) in [6.45, 7) is 9.05. The maximum absolute atomic E-state index is 12.3. The Hall–Kier alpha value is -1.44. The molecule has 0 radical (unpaired) electrons. The van der Waals surface area contributed by atoms with Crippen LogP contribution in [0, 0.1) is 5.92 Å². The van der Waals surface area contributed by atoms with E-state index in [0.717, 1.165) is 0 Å². The van der Waals surface area contributed by atoms with Gasteiger partial charge >= 0.3 is 12.1 Å². The van der Waals surface area contributed by atoms with E-state index < -0.39 is 35.7 Å². The van der Waals surface area contributed by atoms with Crippen LogP contribution in [-0.2, 0) is 19.1 Å². The Kier molecular flexibility index (Phi) is 9.04. The van der Waals surface area contributed by atoms with Crippen molar-refractivity contribution in [3.8, 4) is 0 Å². The molecule has 0 rings (SSSR count). The molecule has 0 spiro atoms. The monoisotopic (exact) mass is 348 g/mol. The van der Waals surface area contributed by atoms with Crippen LogP contribution in [0.1, 0.15) is 41.0 Å². The molecule has 0 heterocycles. The molecule has 134 valence electrons. The number of hydrogen-bond donors (Lipinski definition) is 3. The van der Waals surface area contributed by atoms with Crippen molar-refractivity contribution < 1.29 is 23.9 Å². The normalized spacial score (nSPS) is 13.9. The number of amides is 2. The van der Waals surface area contributed by atoms with Gasteiger partial charge in [0, 0.05) is 5.75 Å². The summed E-state index contributed by atoms with van der Waals surface area (Å²) in [6, 6.07) is -1.68. The van der Waals surface area contributed by atoms with E-state index >= 15 is 0 Å². The van der Waals surface area contributed by atoms with Gasteiger partial charge in [-0.3, -0.25) is 4.79 Å². The summed E-state index contributed by atoms with van der Waals surface area (Å²) >= 11 is 4.02. The second-order valence-corrected chi connectivity index (χ2v) is 6.96. The summed E-state index contributed by atoms with van der Waals surface area (Å²) in [5, 5.41) is 5.07. The predicted octanol–water partition coefficient (Wildman–Crippen LogP) is 1.51. The Morgan fingerprint density at radius 1 is 1.09 bits per heavy atom. The second-order valence-electron chi connectivity index (χ2n) is 6.60. The Balaban J connectivity index is 4.91. The van der Waals surface area contributed by atoms with E-state index in [9.17, 15) is 14.4 Å². The van der Waals surface area contributed by atoms with Gasteiger partial charge < -0.3 is 20.1 Å². The highest BCUT2D eigenvalue weighted by atomic mass is 32.1. The molecule has 8 heteroatoms. The van der Waals surface area contributed by atoms with Crippen molar-refractivity contribution in [1.29, 1.82) is 0 Å². The lowest BCUT2D eigenvalue weighted by molar-refractivity contribution is -0.144. The van der Waals surface area contributed by atoms with Crippen molar-refractivity contribution in [3.63, 3.8) is 0 Å². The molecule has 0 aliphatic heterocycles. The minimum absolute atomic E-state index is 0.0965. The van der Waals surface area contributed by atoms with Gasteiger partial charge in [-0.2, -0.15) is 12.6 Å². The van der Waals surface area contributed by atoms with E-state index in [1.807, 2.05) is 13.8 Å². The molecule has 2 unspecified atom stereocenters. The third-order valence-electron chi connectivity index (χ3n) is 2.70. The van der Waals surface area contributed by atoms with Gasteiger partial charge in [0.2, 0.25) is 5.91 Å². The van der Waals surface area contributed by atoms with Crippen LogP contribution >= 0.6 is 12.6 Å². The Bertz CT molecular complexity index is 421. The molecular formula is C15H28N2O5S. The van der Waals surface area contributed by atoms with Crippen LogP contribution in [0.15, 0.2) is 0 Å². The SMILES string of the molecule is COC(=O)C(CS)NC(=O)C(CC(C)C)NC(=O)OC(C)(C)C. The highest BCUT2D eigenvalue weighted by Crippen LogP contribution is 2.10. The average molecular weight is 348 g/mol. The van der Waals surface area contributed by atoms with Gasteiger partial charge in [-0.15, -0.1) is 0 Å². The van der Waals surface area contributed by atoms with Crippen molar-refractivity contribution in [2.45, 2.75) is 58.7 Å². The molecule has 0 saturated carbocycles. The lowest BCUT2D eigenvalue weighted by Gasteiger charge is -2.25. The van der Waals surface area contributed by atoms with E-state index in [2.05, 4.69) is 28.0 Å². The molecule has 2 atom stereocenters. The molecule has 0 aromatic carbocycles. The van der Waals surface area contributed by atoms with Crippen LogP contribution in [0.3, 0.4) is 0 Å². The first-order valence-corrected chi connectivity index (χ1v) is 8.12. The Morgan fingerprint density at radius 3 is 2.04 bits per heavy atom. The van der Waals surface area contributed by atoms with E-state index in [1.165, 1.54) is 7.11 Å². The zero-order chi connectivity index (χ0) is 18.2. The van der Waals surface area contributed by atoms with Gasteiger partial charge in [-0.25, -0.2) is 9.59 Å². The maximum Gasteiger partial charge on any atom is 0.408 e. The second kappa shape index (κ2) is 9.64. The number of alkyl carbamates (subject to hydrolysis) is 1. The fourth-order valence-corrected chi connectivity index (χ4v) is 1.99. The molecule has 2 N–H and O–H groups in total. The number of carbonyl (C=O) groups excluding carboxylic acids is 3. The number of esters is 1.